The Morgan fingerprint density at radius 1 is 1.14 bits per heavy atom. The topological polar surface area (TPSA) is 20.2 Å². The average Bonchev–Trinajstić information content (AvgIpc) is 2.80. The molecule has 3 aliphatic rings. The SMILES string of the molecule is Cc1ccc([C@H]2[C@@H]3[C@H]4CC[C@@](C)([C@@H]3SC[C@@H]2O)C4(C)C)cc1. The number of aliphatic hydroxyl groups excluding tert-OH is 1. The second-order valence-corrected chi connectivity index (χ2v) is 9.79. The van der Waals surface area contributed by atoms with E-state index in [2.05, 4.69) is 63.7 Å². The van der Waals surface area contributed by atoms with Crippen LogP contribution in [0, 0.1) is 29.6 Å². The Morgan fingerprint density at radius 2 is 1.82 bits per heavy atom. The number of rotatable bonds is 1. The monoisotopic (exact) mass is 316 g/mol. The van der Waals surface area contributed by atoms with Gasteiger partial charge in [-0.15, -0.1) is 0 Å². The molecular weight excluding hydrogens is 288 g/mol. The molecule has 1 heterocycles. The van der Waals surface area contributed by atoms with Crippen molar-refractivity contribution in [2.45, 2.75) is 57.8 Å². The van der Waals surface area contributed by atoms with Gasteiger partial charge in [0.25, 0.3) is 0 Å². The fourth-order valence-electron chi connectivity index (χ4n) is 5.91. The Labute approximate surface area is 138 Å². The van der Waals surface area contributed by atoms with Crippen LogP contribution in [0.3, 0.4) is 0 Å². The van der Waals surface area contributed by atoms with Gasteiger partial charge < -0.3 is 5.11 Å². The van der Waals surface area contributed by atoms with Crippen molar-refractivity contribution in [2.24, 2.45) is 22.7 Å². The van der Waals surface area contributed by atoms with Crippen LogP contribution < -0.4 is 0 Å². The average molecular weight is 317 g/mol. The first kappa shape index (κ1) is 15.1. The van der Waals surface area contributed by atoms with Gasteiger partial charge in [-0.1, -0.05) is 50.6 Å². The predicted octanol–water partition coefficient (Wildman–Crippen LogP) is 4.63. The largest absolute Gasteiger partial charge is 0.392 e. The highest BCUT2D eigenvalue weighted by molar-refractivity contribution is 8.00. The van der Waals surface area contributed by atoms with Gasteiger partial charge in [0, 0.05) is 16.9 Å². The molecular formula is C20H28OS. The van der Waals surface area contributed by atoms with Crippen LogP contribution in [-0.2, 0) is 0 Å². The van der Waals surface area contributed by atoms with E-state index < -0.39 is 0 Å². The molecule has 22 heavy (non-hydrogen) atoms. The molecule has 1 N–H and O–H groups in total. The molecule has 2 heteroatoms. The first-order valence-electron chi connectivity index (χ1n) is 8.72. The zero-order valence-corrected chi connectivity index (χ0v) is 15.0. The number of aliphatic hydroxyl groups is 1. The molecule has 120 valence electrons. The van der Waals surface area contributed by atoms with Crippen molar-refractivity contribution in [1.29, 1.82) is 0 Å². The molecule has 0 unspecified atom stereocenters. The van der Waals surface area contributed by atoms with Crippen LogP contribution in [0.4, 0.5) is 0 Å². The van der Waals surface area contributed by atoms with Crippen molar-refractivity contribution in [1.82, 2.24) is 0 Å². The fourth-order valence-corrected chi connectivity index (χ4v) is 7.89. The molecule has 1 nitrogen and oxygen atoms in total. The van der Waals surface area contributed by atoms with E-state index in [1.807, 2.05) is 0 Å². The quantitative estimate of drug-likeness (QED) is 0.815. The summed E-state index contributed by atoms with van der Waals surface area (Å²) in [7, 11) is 0. The summed E-state index contributed by atoms with van der Waals surface area (Å²) in [5.74, 6) is 2.64. The van der Waals surface area contributed by atoms with Gasteiger partial charge in [-0.25, -0.2) is 0 Å². The summed E-state index contributed by atoms with van der Waals surface area (Å²) in [5.41, 5.74) is 3.51. The second-order valence-electron chi connectivity index (χ2n) is 8.62. The Balaban J connectivity index is 1.78. The molecule has 4 rings (SSSR count). The Hall–Kier alpha value is -0.470. The zero-order chi connectivity index (χ0) is 15.7. The molecule has 0 radical (unpaired) electrons. The van der Waals surface area contributed by atoms with Crippen LogP contribution in [0.15, 0.2) is 24.3 Å². The molecule has 1 aromatic rings. The van der Waals surface area contributed by atoms with Gasteiger partial charge in [0.15, 0.2) is 0 Å². The molecule has 0 amide bonds. The maximum atomic E-state index is 10.8. The van der Waals surface area contributed by atoms with Gasteiger partial charge >= 0.3 is 0 Å². The van der Waals surface area contributed by atoms with E-state index in [-0.39, 0.29) is 6.10 Å². The van der Waals surface area contributed by atoms with E-state index in [4.69, 9.17) is 0 Å². The summed E-state index contributed by atoms with van der Waals surface area (Å²) in [5, 5.41) is 11.5. The van der Waals surface area contributed by atoms with E-state index in [0.717, 1.165) is 16.9 Å². The highest BCUT2D eigenvalue weighted by atomic mass is 32.2. The minimum absolute atomic E-state index is 0.187. The number of benzene rings is 1. The predicted molar refractivity (Wildman–Crippen MR) is 94.3 cm³/mol. The van der Waals surface area contributed by atoms with Gasteiger partial charge in [-0.05, 0) is 48.0 Å². The molecule has 1 saturated heterocycles. The number of hydrogen-bond donors (Lipinski definition) is 1. The Bertz CT molecular complexity index is 578. The van der Waals surface area contributed by atoms with Crippen molar-refractivity contribution in [3.05, 3.63) is 35.4 Å². The molecule has 3 fully saturated rings. The lowest BCUT2D eigenvalue weighted by Gasteiger charge is -2.46. The van der Waals surface area contributed by atoms with Gasteiger partial charge in [-0.2, -0.15) is 11.8 Å². The van der Waals surface area contributed by atoms with Gasteiger partial charge in [0.05, 0.1) is 6.10 Å². The third-order valence-corrected chi connectivity index (χ3v) is 9.28. The van der Waals surface area contributed by atoms with E-state index in [1.54, 1.807) is 0 Å². The minimum atomic E-state index is -0.187. The number of thioether (sulfide) groups is 1. The molecule has 0 spiro atoms. The van der Waals surface area contributed by atoms with Gasteiger partial charge in [0.1, 0.15) is 0 Å². The summed E-state index contributed by atoms with van der Waals surface area (Å²) in [6, 6.07) is 8.94. The van der Waals surface area contributed by atoms with Crippen LogP contribution in [0.2, 0.25) is 0 Å². The normalized spacial score (nSPS) is 45.8. The summed E-state index contributed by atoms with van der Waals surface area (Å²) < 4.78 is 0. The summed E-state index contributed by atoms with van der Waals surface area (Å²) in [4.78, 5) is 0. The second kappa shape index (κ2) is 4.77. The molecule has 2 saturated carbocycles. The minimum Gasteiger partial charge on any atom is -0.392 e. The van der Waals surface area contributed by atoms with Crippen molar-refractivity contribution in [2.75, 3.05) is 5.75 Å². The zero-order valence-electron chi connectivity index (χ0n) is 14.2. The fraction of sp³-hybridized carbons (Fsp3) is 0.700. The van der Waals surface area contributed by atoms with Crippen molar-refractivity contribution >= 4 is 11.8 Å². The lowest BCUT2D eigenvalue weighted by atomic mass is 9.70. The highest BCUT2D eigenvalue weighted by Crippen LogP contribution is 2.73. The van der Waals surface area contributed by atoms with Crippen LogP contribution in [0.25, 0.3) is 0 Å². The molecule has 2 bridgehead atoms. The third kappa shape index (κ3) is 1.77. The first-order valence-corrected chi connectivity index (χ1v) is 9.77. The summed E-state index contributed by atoms with van der Waals surface area (Å²) in [6.07, 6.45) is 2.53. The van der Waals surface area contributed by atoms with E-state index in [1.165, 1.54) is 24.0 Å². The van der Waals surface area contributed by atoms with Gasteiger partial charge in [-0.3, -0.25) is 0 Å². The van der Waals surface area contributed by atoms with Crippen molar-refractivity contribution < 1.29 is 5.11 Å². The maximum Gasteiger partial charge on any atom is 0.0702 e. The molecule has 0 aromatic heterocycles. The summed E-state index contributed by atoms with van der Waals surface area (Å²) in [6.45, 7) is 9.64. The number of hydrogen-bond acceptors (Lipinski definition) is 2. The third-order valence-electron chi connectivity index (χ3n) is 7.55. The molecule has 1 aliphatic heterocycles. The van der Waals surface area contributed by atoms with Crippen molar-refractivity contribution in [3.8, 4) is 0 Å². The maximum absolute atomic E-state index is 10.8. The van der Waals surface area contributed by atoms with E-state index in [0.29, 0.717) is 22.7 Å². The van der Waals surface area contributed by atoms with E-state index in [9.17, 15) is 5.11 Å². The number of aryl methyl sites for hydroxylation is 1. The molecule has 1 aromatic carbocycles. The highest BCUT2D eigenvalue weighted by Gasteiger charge is 2.68. The van der Waals surface area contributed by atoms with Crippen LogP contribution in [-0.4, -0.2) is 22.2 Å². The smallest absolute Gasteiger partial charge is 0.0702 e. The Morgan fingerprint density at radius 3 is 2.50 bits per heavy atom. The van der Waals surface area contributed by atoms with Crippen LogP contribution in [0.5, 0.6) is 0 Å². The van der Waals surface area contributed by atoms with Crippen LogP contribution in [0.1, 0.15) is 50.7 Å². The van der Waals surface area contributed by atoms with E-state index >= 15 is 0 Å². The van der Waals surface area contributed by atoms with Crippen molar-refractivity contribution in [3.63, 3.8) is 0 Å². The summed E-state index contributed by atoms with van der Waals surface area (Å²) >= 11 is 2.06. The lowest BCUT2D eigenvalue weighted by Crippen LogP contribution is -2.45. The Kier molecular flexibility index (Phi) is 3.27. The first-order chi connectivity index (χ1) is 10.4. The standard InChI is InChI=1S/C20H28OS/c1-12-5-7-13(8-6-12)16-15(21)11-22-18-17(16)14-9-10-20(18,4)19(14,2)3/h5-8,14-18,21H,9-11H2,1-4H3/t14-,15+,16-,17+,18-,20+/m1/s1. The molecule has 2 aliphatic carbocycles. The lowest BCUT2D eigenvalue weighted by molar-refractivity contribution is 0.0990. The molecule has 6 atom stereocenters. The number of fused-ring (bicyclic) bond motifs is 5. The van der Waals surface area contributed by atoms with Gasteiger partial charge in [0.2, 0.25) is 0 Å². The van der Waals surface area contributed by atoms with Crippen LogP contribution >= 0.6 is 11.8 Å².